The topological polar surface area (TPSA) is 44.4 Å². The lowest BCUT2D eigenvalue weighted by Crippen LogP contribution is -2.33. The molecule has 1 atom stereocenters. The number of aryl methyl sites for hydroxylation is 1. The monoisotopic (exact) mass is 469 g/mol. The first-order valence-corrected chi connectivity index (χ1v) is 12.7. The second-order valence-corrected chi connectivity index (χ2v) is 10.8. The highest BCUT2D eigenvalue weighted by atomic mass is 16.1. The van der Waals surface area contributed by atoms with Crippen LogP contribution in [0, 0.1) is 18.3 Å². The molecule has 4 nitrogen and oxygen atoms in total. The fraction of sp³-hybridized carbons (Fsp3) is 0.387. The lowest BCUT2D eigenvalue weighted by atomic mass is 9.82. The number of hydrogen-bond donors (Lipinski definition) is 2. The molecule has 0 bridgehead atoms. The maximum atomic E-state index is 12.7. The fourth-order valence-corrected chi connectivity index (χ4v) is 5.11. The molecule has 1 unspecified atom stereocenters. The summed E-state index contributed by atoms with van der Waals surface area (Å²) in [6, 6.07) is 23.1. The average Bonchev–Trinajstić information content (AvgIpc) is 3.19. The number of amides is 1. The smallest absolute Gasteiger partial charge is 0.251 e. The predicted octanol–water partition coefficient (Wildman–Crippen LogP) is 6.90. The maximum absolute atomic E-state index is 12.7. The highest BCUT2D eigenvalue weighted by Crippen LogP contribution is 2.42. The van der Waals surface area contributed by atoms with Crippen LogP contribution in [-0.4, -0.2) is 26.5 Å². The van der Waals surface area contributed by atoms with Crippen molar-refractivity contribution in [1.82, 2.24) is 5.32 Å². The molecule has 4 heteroatoms. The lowest BCUT2D eigenvalue weighted by Gasteiger charge is -2.27. The van der Waals surface area contributed by atoms with Gasteiger partial charge in [-0.15, -0.1) is 0 Å². The summed E-state index contributed by atoms with van der Waals surface area (Å²) in [7, 11) is 4.11. The third-order valence-electron chi connectivity index (χ3n) is 7.62. The minimum absolute atomic E-state index is 0.0223. The highest BCUT2D eigenvalue weighted by molar-refractivity contribution is 5.94. The fourth-order valence-electron chi connectivity index (χ4n) is 5.11. The van der Waals surface area contributed by atoms with Crippen LogP contribution in [0.2, 0.25) is 0 Å². The van der Waals surface area contributed by atoms with Crippen molar-refractivity contribution in [2.45, 2.75) is 46.6 Å². The summed E-state index contributed by atoms with van der Waals surface area (Å²) in [6.07, 6.45) is 3.72. The molecule has 1 fully saturated rings. The average molecular weight is 470 g/mol. The Balaban J connectivity index is 1.35. The van der Waals surface area contributed by atoms with Gasteiger partial charge in [-0.1, -0.05) is 50.6 Å². The van der Waals surface area contributed by atoms with Crippen LogP contribution in [0.25, 0.3) is 11.1 Å². The summed E-state index contributed by atoms with van der Waals surface area (Å²) in [6.45, 7) is 8.32. The molecule has 4 rings (SSSR count). The molecule has 1 saturated carbocycles. The Labute approximate surface area is 210 Å². The van der Waals surface area contributed by atoms with Gasteiger partial charge in [0.15, 0.2) is 0 Å². The van der Waals surface area contributed by atoms with Crippen LogP contribution in [-0.2, 0) is 6.54 Å². The molecule has 1 amide bonds. The second-order valence-electron chi connectivity index (χ2n) is 10.8. The van der Waals surface area contributed by atoms with Crippen LogP contribution in [0.1, 0.15) is 54.6 Å². The number of rotatable bonds is 8. The van der Waals surface area contributed by atoms with Crippen LogP contribution < -0.4 is 15.5 Å². The van der Waals surface area contributed by atoms with Crippen molar-refractivity contribution in [3.05, 3.63) is 83.4 Å². The Morgan fingerprint density at radius 3 is 2.31 bits per heavy atom. The molecule has 2 N–H and O–H groups in total. The summed E-state index contributed by atoms with van der Waals surface area (Å²) in [5, 5.41) is 6.69. The second kappa shape index (κ2) is 10.6. The molecular weight excluding hydrogens is 430 g/mol. The van der Waals surface area contributed by atoms with E-state index in [0.29, 0.717) is 11.3 Å². The van der Waals surface area contributed by atoms with Gasteiger partial charge < -0.3 is 15.5 Å². The van der Waals surface area contributed by atoms with Crippen molar-refractivity contribution in [3.8, 4) is 11.1 Å². The first kappa shape index (κ1) is 24.8. The van der Waals surface area contributed by atoms with Crippen molar-refractivity contribution in [2.75, 3.05) is 30.9 Å². The number of carbonyl (C=O) groups excluding carboxylic acids is 1. The van der Waals surface area contributed by atoms with Gasteiger partial charge in [0, 0.05) is 44.1 Å². The van der Waals surface area contributed by atoms with Crippen LogP contribution in [0.5, 0.6) is 0 Å². The summed E-state index contributed by atoms with van der Waals surface area (Å²) in [4.78, 5) is 14.8. The molecule has 0 spiro atoms. The zero-order chi connectivity index (χ0) is 25.0. The molecular formula is C31H39N3O. The van der Waals surface area contributed by atoms with E-state index >= 15 is 0 Å². The molecule has 0 heterocycles. The Morgan fingerprint density at radius 2 is 1.71 bits per heavy atom. The van der Waals surface area contributed by atoms with Gasteiger partial charge in [-0.2, -0.15) is 0 Å². The molecule has 1 aliphatic rings. The largest absolute Gasteiger partial charge is 0.381 e. The molecule has 0 aliphatic heterocycles. The number of nitrogens with one attached hydrogen (secondary N) is 2. The van der Waals surface area contributed by atoms with Gasteiger partial charge in [-0.05, 0) is 89.8 Å². The van der Waals surface area contributed by atoms with E-state index < -0.39 is 0 Å². The van der Waals surface area contributed by atoms with Gasteiger partial charge in [-0.3, -0.25) is 4.79 Å². The van der Waals surface area contributed by atoms with E-state index in [4.69, 9.17) is 0 Å². The quantitative estimate of drug-likeness (QED) is 0.377. The first-order chi connectivity index (χ1) is 16.7. The van der Waals surface area contributed by atoms with Crippen LogP contribution >= 0.6 is 0 Å². The van der Waals surface area contributed by atoms with Gasteiger partial charge in [0.1, 0.15) is 0 Å². The number of anilines is 2. The van der Waals surface area contributed by atoms with E-state index in [0.717, 1.165) is 29.9 Å². The van der Waals surface area contributed by atoms with Crippen molar-refractivity contribution in [3.63, 3.8) is 0 Å². The minimum atomic E-state index is 0.0223. The summed E-state index contributed by atoms with van der Waals surface area (Å²) in [5.41, 5.74) is 8.13. The van der Waals surface area contributed by atoms with Gasteiger partial charge in [-0.25, -0.2) is 0 Å². The summed E-state index contributed by atoms with van der Waals surface area (Å²) < 4.78 is 0. The van der Waals surface area contributed by atoms with Gasteiger partial charge in [0.05, 0.1) is 0 Å². The molecule has 0 saturated heterocycles. The molecule has 35 heavy (non-hydrogen) atoms. The number of nitrogens with zero attached hydrogens (tertiary/aromatic N) is 1. The van der Waals surface area contributed by atoms with Gasteiger partial charge >= 0.3 is 0 Å². The molecule has 0 aromatic heterocycles. The Morgan fingerprint density at radius 1 is 1.00 bits per heavy atom. The maximum Gasteiger partial charge on any atom is 0.251 e. The number of carbonyl (C=O) groups is 1. The Kier molecular flexibility index (Phi) is 7.49. The molecule has 1 aliphatic carbocycles. The Hall–Kier alpha value is -3.27. The predicted molar refractivity (Wildman–Crippen MR) is 148 cm³/mol. The molecule has 184 valence electrons. The minimum Gasteiger partial charge on any atom is -0.381 e. The lowest BCUT2D eigenvalue weighted by molar-refractivity contribution is 0.0937. The standard InChI is InChI=1S/C31H39N3O/c1-22-19-27(32-20-23-8-15-28(16-9-23)34(4)5)14-17-29(22)24-10-12-25(13-11-24)30(35)33-21-26-7-6-18-31(26,2)3/h8-17,19,26,32H,6-7,18,20-21H2,1-5H3,(H,33,35). The van der Waals surface area contributed by atoms with Crippen molar-refractivity contribution >= 4 is 17.3 Å². The van der Waals surface area contributed by atoms with E-state index in [2.05, 4.69) is 105 Å². The normalized spacial score (nSPS) is 16.7. The third-order valence-corrected chi connectivity index (χ3v) is 7.62. The van der Waals surface area contributed by atoms with Crippen LogP contribution in [0.4, 0.5) is 11.4 Å². The van der Waals surface area contributed by atoms with E-state index in [9.17, 15) is 4.79 Å². The van der Waals surface area contributed by atoms with Crippen LogP contribution in [0.3, 0.4) is 0 Å². The number of hydrogen-bond acceptors (Lipinski definition) is 3. The van der Waals surface area contributed by atoms with Gasteiger partial charge in [0.2, 0.25) is 0 Å². The summed E-state index contributed by atoms with van der Waals surface area (Å²) >= 11 is 0. The zero-order valence-corrected chi connectivity index (χ0v) is 21.8. The molecule has 3 aromatic carbocycles. The van der Waals surface area contributed by atoms with Crippen LogP contribution in [0.15, 0.2) is 66.7 Å². The van der Waals surface area contributed by atoms with Crippen molar-refractivity contribution in [2.24, 2.45) is 11.3 Å². The third kappa shape index (κ3) is 6.05. The van der Waals surface area contributed by atoms with E-state index in [1.54, 1.807) is 0 Å². The summed E-state index contributed by atoms with van der Waals surface area (Å²) in [5.74, 6) is 0.590. The van der Waals surface area contributed by atoms with E-state index in [1.807, 2.05) is 12.1 Å². The Bertz CT molecular complexity index is 1150. The molecule has 0 radical (unpaired) electrons. The van der Waals surface area contributed by atoms with E-state index in [-0.39, 0.29) is 5.91 Å². The van der Waals surface area contributed by atoms with Gasteiger partial charge in [0.25, 0.3) is 5.91 Å². The first-order valence-electron chi connectivity index (χ1n) is 12.7. The van der Waals surface area contributed by atoms with E-state index in [1.165, 1.54) is 41.6 Å². The SMILES string of the molecule is Cc1cc(NCc2ccc(N(C)C)cc2)ccc1-c1ccc(C(=O)NCC2CCCC2(C)C)cc1. The zero-order valence-electron chi connectivity index (χ0n) is 21.8. The van der Waals surface area contributed by atoms with Crippen molar-refractivity contribution in [1.29, 1.82) is 0 Å². The number of benzene rings is 3. The highest BCUT2D eigenvalue weighted by Gasteiger charge is 2.34. The van der Waals surface area contributed by atoms with Crippen molar-refractivity contribution < 1.29 is 4.79 Å². The molecule has 3 aromatic rings.